The molecule has 0 bridgehead atoms. The first-order valence-corrected chi connectivity index (χ1v) is 4.60. The highest BCUT2D eigenvalue weighted by molar-refractivity contribution is 8.00. The van der Waals surface area contributed by atoms with E-state index in [1.54, 1.807) is 0 Å². The number of halogens is 3. The number of carbonyl (C=O) groups is 1. The molecule has 1 fully saturated rings. The van der Waals surface area contributed by atoms with E-state index < -0.39 is 17.5 Å². The number of hydrogen-bond acceptors (Lipinski definition) is 3. The maximum Gasteiger partial charge on any atom is 0.471 e. The van der Waals surface area contributed by atoms with Crippen molar-refractivity contribution in [2.45, 2.75) is 23.8 Å². The minimum Gasteiger partial charge on any atom is -0.335 e. The summed E-state index contributed by atoms with van der Waals surface area (Å²) in [6, 6.07) is 0. The van der Waals surface area contributed by atoms with Crippen LogP contribution in [0, 0.1) is 0 Å². The number of rotatable bonds is 1. The lowest BCUT2D eigenvalue weighted by atomic mass is 10.5. The van der Waals surface area contributed by atoms with Gasteiger partial charge in [0.05, 0.1) is 10.7 Å². The second-order valence-electron chi connectivity index (χ2n) is 2.65. The number of alkyl halides is 3. The molecule has 76 valence electrons. The Kier molecular flexibility index (Phi) is 3.07. The van der Waals surface area contributed by atoms with Gasteiger partial charge in [0.15, 0.2) is 0 Å². The fraction of sp³-hybridized carbons (Fsp3) is 0.833. The van der Waals surface area contributed by atoms with Crippen LogP contribution in [0.2, 0.25) is 0 Å². The Morgan fingerprint density at radius 2 is 2.23 bits per heavy atom. The van der Waals surface area contributed by atoms with Crippen LogP contribution in [-0.4, -0.2) is 29.4 Å². The number of hydrogen-bond donors (Lipinski definition) is 2. The summed E-state index contributed by atoms with van der Waals surface area (Å²) in [5.41, 5.74) is 0. The van der Waals surface area contributed by atoms with Crippen molar-refractivity contribution >= 4 is 17.7 Å². The smallest absolute Gasteiger partial charge is 0.335 e. The highest BCUT2D eigenvalue weighted by atomic mass is 32.2. The molecule has 7 heteroatoms. The molecule has 0 aromatic heterocycles. The highest BCUT2D eigenvalue weighted by Gasteiger charge is 2.40. The lowest BCUT2D eigenvalue weighted by molar-refractivity contribution is -0.173. The van der Waals surface area contributed by atoms with Crippen molar-refractivity contribution in [3.63, 3.8) is 0 Å². The number of nitrogens with one attached hydrogen (secondary N) is 2. The van der Waals surface area contributed by atoms with E-state index in [1.807, 2.05) is 12.2 Å². The standard InChI is InChI=1S/C6H9F3N2OS/c1-3-10-2-4(13-3)11-5(12)6(7,8)9/h3-4,10H,2H2,1H3,(H,11,12)/t3-,4?/m0/s1. The summed E-state index contributed by atoms with van der Waals surface area (Å²) in [6.45, 7) is 2.19. The lowest BCUT2D eigenvalue weighted by Crippen LogP contribution is -2.42. The Hall–Kier alpha value is -0.430. The molecule has 1 heterocycles. The summed E-state index contributed by atoms with van der Waals surface area (Å²) in [4.78, 5) is 10.5. The summed E-state index contributed by atoms with van der Waals surface area (Å²) >= 11 is 1.27. The molecular weight excluding hydrogens is 205 g/mol. The second kappa shape index (κ2) is 3.75. The Balaban J connectivity index is 2.37. The average molecular weight is 214 g/mol. The van der Waals surface area contributed by atoms with Gasteiger partial charge in [0.2, 0.25) is 0 Å². The number of amides is 1. The monoisotopic (exact) mass is 214 g/mol. The third-order valence-corrected chi connectivity index (χ3v) is 2.70. The normalized spacial score (nSPS) is 28.9. The van der Waals surface area contributed by atoms with Crippen LogP contribution in [0.1, 0.15) is 6.92 Å². The molecule has 0 aromatic carbocycles. The van der Waals surface area contributed by atoms with Gasteiger partial charge in [0.1, 0.15) is 0 Å². The zero-order valence-corrected chi connectivity index (χ0v) is 7.63. The number of carbonyl (C=O) groups excluding carboxylic acids is 1. The predicted molar refractivity (Wildman–Crippen MR) is 43.0 cm³/mol. The minimum absolute atomic E-state index is 0.0820. The van der Waals surface area contributed by atoms with Crippen molar-refractivity contribution in [2.24, 2.45) is 0 Å². The topological polar surface area (TPSA) is 41.1 Å². The van der Waals surface area contributed by atoms with Crippen molar-refractivity contribution in [3.8, 4) is 0 Å². The quantitative estimate of drug-likeness (QED) is 0.674. The molecule has 1 rings (SSSR count). The largest absolute Gasteiger partial charge is 0.471 e. The van der Waals surface area contributed by atoms with E-state index in [0.29, 0.717) is 6.54 Å². The van der Waals surface area contributed by atoms with E-state index in [-0.39, 0.29) is 5.37 Å². The molecule has 0 saturated carbocycles. The van der Waals surface area contributed by atoms with Crippen LogP contribution in [0.15, 0.2) is 0 Å². The van der Waals surface area contributed by atoms with Gasteiger partial charge in [0.25, 0.3) is 0 Å². The van der Waals surface area contributed by atoms with Gasteiger partial charge in [-0.15, -0.1) is 11.8 Å². The molecule has 1 aliphatic rings. The maximum atomic E-state index is 11.8. The summed E-state index contributed by atoms with van der Waals surface area (Å²) in [5.74, 6) is -1.87. The first-order chi connectivity index (χ1) is 5.89. The van der Waals surface area contributed by atoms with Crippen molar-refractivity contribution < 1.29 is 18.0 Å². The van der Waals surface area contributed by atoms with E-state index >= 15 is 0 Å². The van der Waals surface area contributed by atoms with Gasteiger partial charge in [-0.1, -0.05) is 0 Å². The van der Waals surface area contributed by atoms with Crippen molar-refractivity contribution in [1.82, 2.24) is 10.6 Å². The van der Waals surface area contributed by atoms with Crippen LogP contribution in [0.5, 0.6) is 0 Å². The third-order valence-electron chi connectivity index (χ3n) is 1.51. The fourth-order valence-electron chi connectivity index (χ4n) is 0.929. The molecule has 1 aliphatic heterocycles. The molecule has 13 heavy (non-hydrogen) atoms. The van der Waals surface area contributed by atoms with Gasteiger partial charge in [-0.05, 0) is 6.92 Å². The van der Waals surface area contributed by atoms with Crippen LogP contribution in [0.25, 0.3) is 0 Å². The third kappa shape index (κ3) is 3.07. The molecule has 1 amide bonds. The highest BCUT2D eigenvalue weighted by Crippen LogP contribution is 2.21. The van der Waals surface area contributed by atoms with Gasteiger partial charge in [-0.25, -0.2) is 0 Å². The fourth-order valence-corrected chi connectivity index (χ4v) is 1.98. The zero-order valence-electron chi connectivity index (χ0n) is 6.81. The molecule has 3 nitrogen and oxygen atoms in total. The first-order valence-electron chi connectivity index (χ1n) is 3.66. The van der Waals surface area contributed by atoms with E-state index in [2.05, 4.69) is 5.32 Å². The molecule has 2 atom stereocenters. The van der Waals surface area contributed by atoms with Gasteiger partial charge in [-0.3, -0.25) is 4.79 Å². The molecule has 0 aliphatic carbocycles. The Morgan fingerprint density at radius 3 is 2.62 bits per heavy atom. The van der Waals surface area contributed by atoms with Gasteiger partial charge >= 0.3 is 12.1 Å². The summed E-state index contributed by atoms with van der Waals surface area (Å²) in [7, 11) is 0. The van der Waals surface area contributed by atoms with Crippen LogP contribution in [0.3, 0.4) is 0 Å². The molecule has 1 saturated heterocycles. The van der Waals surface area contributed by atoms with E-state index in [0.717, 1.165) is 0 Å². The summed E-state index contributed by atoms with van der Waals surface area (Å²) in [5, 5.41) is 4.39. The summed E-state index contributed by atoms with van der Waals surface area (Å²) < 4.78 is 35.3. The molecule has 0 radical (unpaired) electrons. The predicted octanol–water partition coefficient (Wildman–Crippen LogP) is 0.673. The molecule has 2 N–H and O–H groups in total. The van der Waals surface area contributed by atoms with Crippen molar-refractivity contribution in [3.05, 3.63) is 0 Å². The van der Waals surface area contributed by atoms with Gasteiger partial charge in [-0.2, -0.15) is 13.2 Å². The minimum atomic E-state index is -4.79. The average Bonchev–Trinajstić information content (AvgIpc) is 2.33. The van der Waals surface area contributed by atoms with Crippen LogP contribution in [0.4, 0.5) is 13.2 Å². The van der Waals surface area contributed by atoms with E-state index in [4.69, 9.17) is 0 Å². The van der Waals surface area contributed by atoms with Gasteiger partial charge < -0.3 is 10.6 Å². The number of thioether (sulfide) groups is 1. The van der Waals surface area contributed by atoms with E-state index in [1.165, 1.54) is 11.8 Å². The van der Waals surface area contributed by atoms with Crippen molar-refractivity contribution in [2.75, 3.05) is 6.54 Å². The Morgan fingerprint density at radius 1 is 1.62 bits per heavy atom. The van der Waals surface area contributed by atoms with Crippen molar-refractivity contribution in [1.29, 1.82) is 0 Å². The molecule has 1 unspecified atom stereocenters. The van der Waals surface area contributed by atoms with Crippen LogP contribution < -0.4 is 10.6 Å². The van der Waals surface area contributed by atoms with Crippen LogP contribution >= 0.6 is 11.8 Å². The van der Waals surface area contributed by atoms with Gasteiger partial charge in [0, 0.05) is 6.54 Å². The lowest BCUT2D eigenvalue weighted by Gasteiger charge is -2.12. The molecule has 0 aromatic rings. The molecular formula is C6H9F3N2OS. The Labute approximate surface area is 77.4 Å². The SMILES string of the molecule is C[C@H]1NCC(NC(=O)C(F)(F)F)S1. The molecule has 0 spiro atoms. The zero-order chi connectivity index (χ0) is 10.1. The van der Waals surface area contributed by atoms with E-state index in [9.17, 15) is 18.0 Å². The Bertz CT molecular complexity index is 209. The summed E-state index contributed by atoms with van der Waals surface area (Å²) in [6.07, 6.45) is -4.79. The second-order valence-corrected chi connectivity index (χ2v) is 4.19. The van der Waals surface area contributed by atoms with Crippen LogP contribution in [-0.2, 0) is 4.79 Å². The maximum absolute atomic E-state index is 11.8. The first kappa shape index (κ1) is 10.6.